The Bertz CT molecular complexity index is 1050. The highest BCUT2D eigenvalue weighted by Crippen LogP contribution is 2.30. The van der Waals surface area contributed by atoms with Crippen LogP contribution in [0.5, 0.6) is 0 Å². The fourth-order valence-corrected chi connectivity index (χ4v) is 3.10. The number of aryl methyl sites for hydroxylation is 2. The zero-order valence-corrected chi connectivity index (χ0v) is 14.1. The van der Waals surface area contributed by atoms with Gasteiger partial charge >= 0.3 is 0 Å². The van der Waals surface area contributed by atoms with Crippen LogP contribution in [0.2, 0.25) is 0 Å². The number of aliphatic hydroxyl groups excluding tert-OH is 1. The Morgan fingerprint density at radius 2 is 1.80 bits per heavy atom. The van der Waals surface area contributed by atoms with E-state index in [1.165, 1.54) is 5.56 Å². The Balaban J connectivity index is 1.85. The molecule has 0 aliphatic rings. The molecule has 2 heterocycles. The fourth-order valence-electron chi connectivity index (χ4n) is 3.10. The summed E-state index contributed by atoms with van der Waals surface area (Å²) < 4.78 is 0. The number of nitrogens with one attached hydrogen (secondary N) is 1. The van der Waals surface area contributed by atoms with Crippen molar-refractivity contribution in [3.8, 4) is 11.1 Å². The third kappa shape index (κ3) is 2.83. The first kappa shape index (κ1) is 15.6. The second kappa shape index (κ2) is 6.18. The maximum atomic E-state index is 9.01. The number of imidazole rings is 1. The molecule has 2 aromatic carbocycles. The Labute approximate surface area is 145 Å². The molecule has 0 amide bonds. The van der Waals surface area contributed by atoms with Gasteiger partial charge in [0.05, 0.1) is 5.52 Å². The van der Waals surface area contributed by atoms with Gasteiger partial charge in [-0.1, -0.05) is 35.9 Å². The van der Waals surface area contributed by atoms with Gasteiger partial charge in [0.2, 0.25) is 0 Å². The van der Waals surface area contributed by atoms with Gasteiger partial charge in [-0.3, -0.25) is 0 Å². The molecule has 5 nitrogen and oxygen atoms in total. The van der Waals surface area contributed by atoms with Crippen molar-refractivity contribution in [3.63, 3.8) is 0 Å². The Hall–Kier alpha value is -2.92. The van der Waals surface area contributed by atoms with Crippen molar-refractivity contribution in [3.05, 3.63) is 53.9 Å². The van der Waals surface area contributed by atoms with Gasteiger partial charge in [0.1, 0.15) is 22.7 Å². The Morgan fingerprint density at radius 1 is 1.04 bits per heavy atom. The number of rotatable bonds is 4. The molecule has 0 spiro atoms. The van der Waals surface area contributed by atoms with Gasteiger partial charge in [0.15, 0.2) is 0 Å². The van der Waals surface area contributed by atoms with E-state index in [0.29, 0.717) is 18.7 Å². The molecule has 126 valence electrons. The molecule has 0 saturated carbocycles. The summed E-state index contributed by atoms with van der Waals surface area (Å²) in [5.74, 6) is 1.28. The van der Waals surface area contributed by atoms with E-state index in [-0.39, 0.29) is 6.61 Å². The molecule has 0 fully saturated rings. The fraction of sp³-hybridized carbons (Fsp3) is 0.200. The van der Waals surface area contributed by atoms with Gasteiger partial charge in [-0.25, -0.2) is 9.97 Å². The highest BCUT2D eigenvalue weighted by Gasteiger charge is 2.12. The summed E-state index contributed by atoms with van der Waals surface area (Å²) in [6.45, 7) is 2.22. The second-order valence-corrected chi connectivity index (χ2v) is 6.33. The van der Waals surface area contributed by atoms with Crippen molar-refractivity contribution in [1.29, 1.82) is 0 Å². The normalized spacial score (nSPS) is 11.4. The molecule has 0 bridgehead atoms. The van der Waals surface area contributed by atoms with Crippen LogP contribution in [0.25, 0.3) is 33.1 Å². The highest BCUT2D eigenvalue weighted by molar-refractivity contribution is 6.07. The summed E-state index contributed by atoms with van der Waals surface area (Å²) in [5.41, 5.74) is 12.1. The van der Waals surface area contributed by atoms with Crippen molar-refractivity contribution in [2.45, 2.75) is 19.8 Å². The number of aliphatic hydroxyl groups is 1. The first-order valence-electron chi connectivity index (χ1n) is 8.41. The van der Waals surface area contributed by atoms with E-state index in [1.54, 1.807) is 0 Å². The van der Waals surface area contributed by atoms with Gasteiger partial charge in [-0.15, -0.1) is 0 Å². The van der Waals surface area contributed by atoms with E-state index < -0.39 is 0 Å². The number of benzene rings is 2. The number of pyridine rings is 1. The molecule has 0 atom stereocenters. The predicted molar refractivity (Wildman–Crippen MR) is 101 cm³/mol. The molecule has 5 heteroatoms. The molecule has 2 aromatic heterocycles. The third-order valence-corrected chi connectivity index (χ3v) is 4.46. The van der Waals surface area contributed by atoms with Gasteiger partial charge in [0.25, 0.3) is 0 Å². The molecule has 0 saturated heterocycles. The summed E-state index contributed by atoms with van der Waals surface area (Å²) in [7, 11) is 0. The number of aromatic nitrogens is 3. The quantitative estimate of drug-likeness (QED) is 0.533. The highest BCUT2D eigenvalue weighted by atomic mass is 16.2. The number of anilines is 1. The lowest BCUT2D eigenvalue weighted by Gasteiger charge is -2.06. The van der Waals surface area contributed by atoms with Gasteiger partial charge in [0, 0.05) is 18.4 Å². The van der Waals surface area contributed by atoms with Crippen molar-refractivity contribution in [1.82, 2.24) is 15.0 Å². The maximum absolute atomic E-state index is 9.01. The number of nitrogen functional groups attached to an aromatic ring is 1. The number of nitrogens with zero attached hydrogens (tertiary/aromatic N) is 2. The average molecular weight is 332 g/mol. The van der Waals surface area contributed by atoms with E-state index in [4.69, 9.17) is 10.8 Å². The molecule has 0 aliphatic carbocycles. The van der Waals surface area contributed by atoms with E-state index in [0.717, 1.165) is 38.9 Å². The minimum absolute atomic E-state index is 0.144. The number of hydrogen-bond acceptors (Lipinski definition) is 4. The molecule has 0 aliphatic heterocycles. The van der Waals surface area contributed by atoms with Crippen molar-refractivity contribution in [2.24, 2.45) is 0 Å². The zero-order chi connectivity index (χ0) is 17.4. The number of hydrogen-bond donors (Lipinski definition) is 3. The SMILES string of the molecule is Cc1ccc(-c2ccc3c(c2)nc(N)c2[nH]c(CCCO)nc23)cc1. The number of fused-ring (bicyclic) bond motifs is 3. The lowest BCUT2D eigenvalue weighted by molar-refractivity contribution is 0.287. The first-order valence-corrected chi connectivity index (χ1v) is 8.41. The Morgan fingerprint density at radius 3 is 2.56 bits per heavy atom. The lowest BCUT2D eigenvalue weighted by atomic mass is 10.0. The van der Waals surface area contributed by atoms with Crippen LogP contribution in [-0.4, -0.2) is 26.7 Å². The summed E-state index contributed by atoms with van der Waals surface area (Å²) in [5, 5.41) is 9.98. The van der Waals surface area contributed by atoms with E-state index >= 15 is 0 Å². The largest absolute Gasteiger partial charge is 0.396 e. The smallest absolute Gasteiger partial charge is 0.150 e. The van der Waals surface area contributed by atoms with Crippen molar-refractivity contribution < 1.29 is 5.11 Å². The topological polar surface area (TPSA) is 87.8 Å². The molecule has 0 unspecified atom stereocenters. The van der Waals surface area contributed by atoms with E-state index in [9.17, 15) is 0 Å². The molecule has 4 rings (SSSR count). The molecular weight excluding hydrogens is 312 g/mol. The van der Waals surface area contributed by atoms with Crippen LogP contribution in [0.4, 0.5) is 5.82 Å². The average Bonchev–Trinajstić information content (AvgIpc) is 3.05. The van der Waals surface area contributed by atoms with Crippen LogP contribution in [-0.2, 0) is 6.42 Å². The maximum Gasteiger partial charge on any atom is 0.150 e. The monoisotopic (exact) mass is 332 g/mol. The number of H-pyrrole nitrogens is 1. The van der Waals surface area contributed by atoms with E-state index in [1.807, 2.05) is 0 Å². The summed E-state index contributed by atoms with van der Waals surface area (Å²) in [6.07, 6.45) is 1.36. The van der Waals surface area contributed by atoms with Gasteiger partial charge in [-0.05, 0) is 36.6 Å². The van der Waals surface area contributed by atoms with Gasteiger partial charge < -0.3 is 15.8 Å². The minimum Gasteiger partial charge on any atom is -0.396 e. The van der Waals surface area contributed by atoms with Crippen LogP contribution in [0, 0.1) is 6.92 Å². The standard InChI is InChI=1S/C20H20N4O/c1-12-4-6-13(7-5-12)14-8-9-15-16(11-14)22-20(21)19-18(15)23-17(24-19)3-2-10-25/h4-9,11,25H,2-3,10H2,1H3,(H2,21,22)(H,23,24). The summed E-state index contributed by atoms with van der Waals surface area (Å²) in [4.78, 5) is 12.5. The van der Waals surface area contributed by atoms with Crippen LogP contribution in [0.15, 0.2) is 42.5 Å². The van der Waals surface area contributed by atoms with Crippen LogP contribution < -0.4 is 5.73 Å². The second-order valence-electron chi connectivity index (χ2n) is 6.33. The van der Waals surface area contributed by atoms with Crippen molar-refractivity contribution in [2.75, 3.05) is 12.3 Å². The minimum atomic E-state index is 0.144. The van der Waals surface area contributed by atoms with Crippen molar-refractivity contribution >= 4 is 27.8 Å². The number of aromatic amines is 1. The molecule has 0 radical (unpaired) electrons. The first-order chi connectivity index (χ1) is 12.2. The molecular formula is C20H20N4O. The molecule has 4 aromatic rings. The van der Waals surface area contributed by atoms with Crippen LogP contribution in [0.3, 0.4) is 0 Å². The predicted octanol–water partition coefficient (Wildman–Crippen LogP) is 3.59. The summed E-state index contributed by atoms with van der Waals surface area (Å²) >= 11 is 0. The zero-order valence-electron chi connectivity index (χ0n) is 14.1. The number of nitrogens with two attached hydrogens (primary N) is 1. The molecule has 25 heavy (non-hydrogen) atoms. The lowest BCUT2D eigenvalue weighted by Crippen LogP contribution is -1.93. The van der Waals surface area contributed by atoms with Crippen LogP contribution in [0.1, 0.15) is 17.8 Å². The summed E-state index contributed by atoms with van der Waals surface area (Å²) in [6, 6.07) is 14.6. The third-order valence-electron chi connectivity index (χ3n) is 4.46. The van der Waals surface area contributed by atoms with Crippen LogP contribution >= 0.6 is 0 Å². The Kier molecular flexibility index (Phi) is 3.86. The van der Waals surface area contributed by atoms with E-state index in [2.05, 4.69) is 64.3 Å². The van der Waals surface area contributed by atoms with Gasteiger partial charge in [-0.2, -0.15) is 0 Å². The molecule has 4 N–H and O–H groups in total.